The quantitative estimate of drug-likeness (QED) is 0.602. The van der Waals surface area contributed by atoms with Crippen LogP contribution in [0, 0.1) is 5.92 Å². The summed E-state index contributed by atoms with van der Waals surface area (Å²) >= 11 is 0. The molecule has 2 fully saturated rings. The maximum atomic E-state index is 12.6. The van der Waals surface area contributed by atoms with E-state index in [4.69, 9.17) is 5.73 Å². The molecule has 0 unspecified atom stereocenters. The zero-order chi connectivity index (χ0) is 13.0. The normalized spacial score (nSPS) is 25.8. The van der Waals surface area contributed by atoms with Gasteiger partial charge in [0.15, 0.2) is 5.96 Å². The molecule has 0 aromatic heterocycles. The van der Waals surface area contributed by atoms with Crippen LogP contribution in [-0.4, -0.2) is 24.5 Å². The largest absolute Gasteiger partial charge is 0.370 e. The molecule has 0 bridgehead atoms. The number of nitrogens with zero attached hydrogens (tertiary/aromatic N) is 1. The van der Waals surface area contributed by atoms with Crippen molar-refractivity contribution in [2.45, 2.75) is 63.3 Å². The second kappa shape index (κ2) is 5.85. The number of halogens is 2. The Bertz CT molecular complexity index is 291. The lowest BCUT2D eigenvalue weighted by Gasteiger charge is -2.34. The van der Waals surface area contributed by atoms with Crippen LogP contribution in [0.15, 0.2) is 4.99 Å². The number of alkyl halides is 2. The summed E-state index contributed by atoms with van der Waals surface area (Å²) in [4.78, 5) is 4.23. The van der Waals surface area contributed by atoms with Gasteiger partial charge in [-0.25, -0.2) is 8.78 Å². The molecule has 0 atom stereocenters. The van der Waals surface area contributed by atoms with Crippen molar-refractivity contribution in [1.82, 2.24) is 5.32 Å². The van der Waals surface area contributed by atoms with Gasteiger partial charge in [0.1, 0.15) is 0 Å². The molecule has 18 heavy (non-hydrogen) atoms. The first-order valence-electron chi connectivity index (χ1n) is 6.99. The zero-order valence-corrected chi connectivity index (χ0v) is 10.8. The average Bonchev–Trinajstić information content (AvgIpc) is 2.27. The van der Waals surface area contributed by atoms with E-state index < -0.39 is 5.92 Å². The minimum Gasteiger partial charge on any atom is -0.370 e. The monoisotopic (exact) mass is 259 g/mol. The van der Waals surface area contributed by atoms with Crippen LogP contribution >= 0.6 is 0 Å². The molecule has 0 amide bonds. The first kappa shape index (κ1) is 13.6. The predicted molar refractivity (Wildman–Crippen MR) is 68.8 cm³/mol. The van der Waals surface area contributed by atoms with Crippen LogP contribution in [-0.2, 0) is 0 Å². The molecule has 0 heterocycles. The van der Waals surface area contributed by atoms with E-state index in [9.17, 15) is 8.78 Å². The summed E-state index contributed by atoms with van der Waals surface area (Å²) in [6, 6.07) is 0.454. The fourth-order valence-electron chi connectivity index (χ4n) is 2.86. The van der Waals surface area contributed by atoms with Crippen molar-refractivity contribution in [1.29, 1.82) is 0 Å². The van der Waals surface area contributed by atoms with E-state index in [2.05, 4.69) is 10.3 Å². The molecule has 3 N–H and O–H groups in total. The molecule has 104 valence electrons. The number of rotatable bonds is 4. The van der Waals surface area contributed by atoms with Gasteiger partial charge in [0.2, 0.25) is 5.92 Å². The summed E-state index contributed by atoms with van der Waals surface area (Å²) in [5.74, 6) is -1.81. The molecule has 2 rings (SSSR count). The van der Waals surface area contributed by atoms with Gasteiger partial charge in [-0.3, -0.25) is 4.99 Å². The number of hydrogen-bond donors (Lipinski definition) is 2. The van der Waals surface area contributed by atoms with Crippen molar-refractivity contribution < 1.29 is 8.78 Å². The molecule has 5 heteroatoms. The number of nitrogens with one attached hydrogen (secondary N) is 1. The molecule has 0 aromatic rings. The summed E-state index contributed by atoms with van der Waals surface area (Å²) in [7, 11) is 0. The van der Waals surface area contributed by atoms with Crippen molar-refractivity contribution in [3.05, 3.63) is 0 Å². The molecule has 3 nitrogen and oxygen atoms in total. The van der Waals surface area contributed by atoms with Gasteiger partial charge in [0, 0.05) is 25.4 Å². The van der Waals surface area contributed by atoms with Crippen LogP contribution < -0.4 is 11.1 Å². The molecule has 0 radical (unpaired) electrons. The van der Waals surface area contributed by atoms with E-state index in [-0.39, 0.29) is 18.8 Å². The smallest absolute Gasteiger partial charge is 0.248 e. The van der Waals surface area contributed by atoms with E-state index in [0.717, 1.165) is 19.3 Å². The first-order chi connectivity index (χ1) is 8.55. The Labute approximate surface area is 107 Å². The molecule has 2 saturated carbocycles. The summed E-state index contributed by atoms with van der Waals surface area (Å²) < 4.78 is 25.2. The highest BCUT2D eigenvalue weighted by atomic mass is 19.3. The molecule has 0 saturated heterocycles. The highest BCUT2D eigenvalue weighted by Crippen LogP contribution is 2.43. The molecule has 2 aliphatic rings. The maximum absolute atomic E-state index is 12.6. The van der Waals surface area contributed by atoms with Gasteiger partial charge in [0.05, 0.1) is 0 Å². The lowest BCUT2D eigenvalue weighted by Crippen LogP contribution is -2.41. The first-order valence-corrected chi connectivity index (χ1v) is 6.99. The van der Waals surface area contributed by atoms with Crippen LogP contribution in [0.1, 0.15) is 51.4 Å². The second-order valence-corrected chi connectivity index (χ2v) is 5.67. The van der Waals surface area contributed by atoms with Crippen molar-refractivity contribution >= 4 is 5.96 Å². The van der Waals surface area contributed by atoms with E-state index in [1.165, 1.54) is 19.3 Å². The van der Waals surface area contributed by atoms with Crippen molar-refractivity contribution in [2.24, 2.45) is 16.6 Å². The molecular formula is C13H23F2N3. The van der Waals surface area contributed by atoms with Crippen LogP contribution in [0.4, 0.5) is 8.78 Å². The van der Waals surface area contributed by atoms with Gasteiger partial charge in [0.25, 0.3) is 0 Å². The van der Waals surface area contributed by atoms with Crippen LogP contribution in [0.25, 0.3) is 0 Å². The Morgan fingerprint density at radius 3 is 2.50 bits per heavy atom. The van der Waals surface area contributed by atoms with E-state index in [0.29, 0.717) is 18.5 Å². The van der Waals surface area contributed by atoms with Gasteiger partial charge in [-0.2, -0.15) is 0 Å². The molecule has 2 aliphatic carbocycles. The lowest BCUT2D eigenvalue weighted by atomic mass is 9.79. The molecule has 0 aromatic carbocycles. The highest BCUT2D eigenvalue weighted by Gasteiger charge is 2.44. The lowest BCUT2D eigenvalue weighted by molar-refractivity contribution is -0.111. The third-order valence-electron chi connectivity index (χ3n) is 3.95. The van der Waals surface area contributed by atoms with Gasteiger partial charge in [-0.05, 0) is 25.2 Å². The Hall–Kier alpha value is -0.870. The molecular weight excluding hydrogens is 236 g/mol. The average molecular weight is 259 g/mol. The minimum atomic E-state index is -2.42. The van der Waals surface area contributed by atoms with E-state index in [1.807, 2.05) is 0 Å². The zero-order valence-electron chi connectivity index (χ0n) is 10.8. The maximum Gasteiger partial charge on any atom is 0.248 e. The third kappa shape index (κ3) is 4.10. The van der Waals surface area contributed by atoms with Crippen molar-refractivity contribution in [2.75, 3.05) is 6.54 Å². The Kier molecular flexibility index (Phi) is 4.40. The number of hydrogen-bond acceptors (Lipinski definition) is 1. The fraction of sp³-hybridized carbons (Fsp3) is 0.923. The highest BCUT2D eigenvalue weighted by molar-refractivity contribution is 5.78. The third-order valence-corrected chi connectivity index (χ3v) is 3.95. The van der Waals surface area contributed by atoms with Crippen LogP contribution in [0.2, 0.25) is 0 Å². The van der Waals surface area contributed by atoms with Crippen LogP contribution in [0.5, 0.6) is 0 Å². The number of guanidine groups is 1. The summed E-state index contributed by atoms with van der Waals surface area (Å²) in [5.41, 5.74) is 5.79. The van der Waals surface area contributed by atoms with Gasteiger partial charge in [-0.15, -0.1) is 0 Å². The predicted octanol–water partition coefficient (Wildman–Crippen LogP) is 2.66. The van der Waals surface area contributed by atoms with E-state index >= 15 is 0 Å². The number of aliphatic imine (C=N–C) groups is 1. The topological polar surface area (TPSA) is 50.4 Å². The van der Waals surface area contributed by atoms with Gasteiger partial charge in [-0.1, -0.05) is 19.3 Å². The molecule has 0 aliphatic heterocycles. The van der Waals surface area contributed by atoms with Crippen molar-refractivity contribution in [3.63, 3.8) is 0 Å². The van der Waals surface area contributed by atoms with Crippen molar-refractivity contribution in [3.8, 4) is 0 Å². The Balaban J connectivity index is 1.60. The SMILES string of the molecule is NC(=NCCC1CC(F)(F)C1)NC1CCCCC1. The molecule has 0 spiro atoms. The summed E-state index contributed by atoms with van der Waals surface area (Å²) in [5, 5.41) is 3.22. The Morgan fingerprint density at radius 1 is 1.22 bits per heavy atom. The summed E-state index contributed by atoms with van der Waals surface area (Å²) in [6.45, 7) is 0.562. The van der Waals surface area contributed by atoms with Gasteiger partial charge >= 0.3 is 0 Å². The standard InChI is InChI=1S/C13H23F2N3/c14-13(15)8-10(9-13)6-7-17-12(16)18-11-4-2-1-3-5-11/h10-11H,1-9H2,(H3,16,17,18). The van der Waals surface area contributed by atoms with Gasteiger partial charge < -0.3 is 11.1 Å². The Morgan fingerprint density at radius 2 is 1.89 bits per heavy atom. The van der Waals surface area contributed by atoms with Crippen LogP contribution in [0.3, 0.4) is 0 Å². The fourth-order valence-corrected chi connectivity index (χ4v) is 2.86. The van der Waals surface area contributed by atoms with E-state index in [1.54, 1.807) is 0 Å². The number of nitrogens with two attached hydrogens (primary N) is 1. The minimum absolute atomic E-state index is 0.0263. The summed E-state index contributed by atoms with van der Waals surface area (Å²) in [6.07, 6.45) is 6.91. The second-order valence-electron chi connectivity index (χ2n) is 5.67.